The van der Waals surface area contributed by atoms with Crippen LogP contribution in [0.1, 0.15) is 30.5 Å². The number of fused-ring (bicyclic) bond motifs is 4. The molecule has 1 N–H and O–H groups in total. The zero-order valence-corrected chi connectivity index (χ0v) is 13.7. The number of amides is 2. The minimum Gasteiger partial charge on any atom is -0.467 e. The molecule has 2 aliphatic heterocycles. The van der Waals surface area contributed by atoms with Crippen LogP contribution in [0.5, 0.6) is 5.75 Å². The molecule has 118 valence electrons. The second-order valence-corrected chi connectivity index (χ2v) is 6.72. The first-order valence-corrected chi connectivity index (χ1v) is 8.00. The summed E-state index contributed by atoms with van der Waals surface area (Å²) in [5, 5.41) is 3.73. The molecule has 5 heteroatoms. The lowest BCUT2D eigenvalue weighted by Crippen LogP contribution is -2.65. The van der Waals surface area contributed by atoms with E-state index >= 15 is 0 Å². The van der Waals surface area contributed by atoms with Crippen LogP contribution in [0.15, 0.2) is 42.5 Å². The minimum atomic E-state index is -0.722. The van der Waals surface area contributed by atoms with Gasteiger partial charge in [-0.25, -0.2) is 4.79 Å². The fourth-order valence-corrected chi connectivity index (χ4v) is 3.70. The summed E-state index contributed by atoms with van der Waals surface area (Å²) in [6, 6.07) is 13.1. The molecule has 4 rings (SSSR count). The molecule has 0 spiro atoms. The molecular weight excluding hydrogens is 312 g/mol. The number of carbonyl (C=O) groups excluding carboxylic acids is 1. The highest BCUT2D eigenvalue weighted by Gasteiger charge is 2.50. The number of hydrogen-bond acceptors (Lipinski definition) is 2. The van der Waals surface area contributed by atoms with E-state index in [2.05, 4.69) is 5.32 Å². The maximum Gasteiger partial charge on any atom is 0.325 e. The zero-order chi connectivity index (χ0) is 16.2. The van der Waals surface area contributed by atoms with Crippen LogP contribution in [0.2, 0.25) is 5.02 Å². The van der Waals surface area contributed by atoms with Gasteiger partial charge in [-0.15, -0.1) is 0 Å². The predicted molar refractivity (Wildman–Crippen MR) is 90.0 cm³/mol. The summed E-state index contributed by atoms with van der Waals surface area (Å²) < 4.78 is 6.24. The lowest BCUT2D eigenvalue weighted by atomic mass is 9.90. The third kappa shape index (κ3) is 2.17. The van der Waals surface area contributed by atoms with E-state index in [0.717, 1.165) is 22.6 Å². The highest BCUT2D eigenvalue weighted by atomic mass is 35.5. The Morgan fingerprint density at radius 2 is 2.09 bits per heavy atom. The van der Waals surface area contributed by atoms with Gasteiger partial charge in [0.05, 0.1) is 11.7 Å². The SMILES string of the molecule is Cc1ccccc1N1C(=O)NC2CC1(C)Oc1ccc(Cl)cc12. The van der Waals surface area contributed by atoms with Gasteiger partial charge in [0.1, 0.15) is 5.75 Å². The molecule has 2 aromatic carbocycles. The molecule has 0 aliphatic carbocycles. The number of nitrogens with zero attached hydrogens (tertiary/aromatic N) is 1. The fourth-order valence-electron chi connectivity index (χ4n) is 3.52. The molecule has 4 nitrogen and oxygen atoms in total. The molecule has 2 amide bonds. The molecule has 1 saturated heterocycles. The van der Waals surface area contributed by atoms with Crippen molar-refractivity contribution in [2.24, 2.45) is 0 Å². The summed E-state index contributed by atoms with van der Waals surface area (Å²) in [6.07, 6.45) is 0.667. The van der Waals surface area contributed by atoms with Crippen LogP contribution in [0, 0.1) is 6.92 Å². The van der Waals surface area contributed by atoms with Crippen LogP contribution >= 0.6 is 11.6 Å². The molecule has 2 atom stereocenters. The Labute approximate surface area is 140 Å². The quantitative estimate of drug-likeness (QED) is 0.842. The molecule has 23 heavy (non-hydrogen) atoms. The summed E-state index contributed by atoms with van der Waals surface area (Å²) in [5.74, 6) is 0.770. The summed E-state index contributed by atoms with van der Waals surface area (Å²) in [6.45, 7) is 3.96. The first-order valence-electron chi connectivity index (χ1n) is 7.63. The van der Waals surface area contributed by atoms with E-state index in [-0.39, 0.29) is 12.1 Å². The normalized spacial score (nSPS) is 25.4. The Hall–Kier alpha value is -2.20. The summed E-state index contributed by atoms with van der Waals surface area (Å²) in [5.41, 5.74) is 2.11. The van der Waals surface area contributed by atoms with Gasteiger partial charge in [0.15, 0.2) is 5.72 Å². The van der Waals surface area contributed by atoms with Gasteiger partial charge in [-0.2, -0.15) is 0 Å². The number of para-hydroxylation sites is 1. The smallest absolute Gasteiger partial charge is 0.325 e. The van der Waals surface area contributed by atoms with Gasteiger partial charge in [0, 0.05) is 17.0 Å². The number of aryl methyl sites for hydroxylation is 1. The van der Waals surface area contributed by atoms with Gasteiger partial charge in [0.25, 0.3) is 0 Å². The molecular formula is C18H17ClN2O2. The number of rotatable bonds is 1. The number of halogens is 1. The summed E-state index contributed by atoms with van der Waals surface area (Å²) in [7, 11) is 0. The molecule has 1 fully saturated rings. The topological polar surface area (TPSA) is 41.6 Å². The van der Waals surface area contributed by atoms with E-state index in [1.807, 2.05) is 56.3 Å². The number of ether oxygens (including phenoxy) is 1. The number of anilines is 1. The number of benzene rings is 2. The van der Waals surface area contributed by atoms with Crippen molar-refractivity contribution in [2.45, 2.75) is 32.0 Å². The molecule has 0 radical (unpaired) electrons. The Morgan fingerprint density at radius 1 is 1.30 bits per heavy atom. The first kappa shape index (κ1) is 14.4. The van der Waals surface area contributed by atoms with Gasteiger partial charge in [0.2, 0.25) is 0 Å². The van der Waals surface area contributed by atoms with Crippen molar-refractivity contribution in [1.29, 1.82) is 0 Å². The van der Waals surface area contributed by atoms with Gasteiger partial charge in [-0.05, 0) is 43.7 Å². The molecule has 2 bridgehead atoms. The Morgan fingerprint density at radius 3 is 2.87 bits per heavy atom. The average Bonchev–Trinajstić information content (AvgIpc) is 2.49. The largest absolute Gasteiger partial charge is 0.467 e. The summed E-state index contributed by atoms with van der Waals surface area (Å²) >= 11 is 6.09. The minimum absolute atomic E-state index is 0.0878. The predicted octanol–water partition coefficient (Wildman–Crippen LogP) is 4.42. The molecule has 2 aliphatic rings. The number of nitrogens with one attached hydrogen (secondary N) is 1. The van der Waals surface area contributed by atoms with Crippen LogP contribution in [-0.2, 0) is 0 Å². The lowest BCUT2D eigenvalue weighted by Gasteiger charge is -2.51. The molecule has 0 saturated carbocycles. The average molecular weight is 329 g/mol. The van der Waals surface area contributed by atoms with Crippen molar-refractivity contribution >= 4 is 23.3 Å². The monoisotopic (exact) mass is 328 g/mol. The number of hydrogen-bond donors (Lipinski definition) is 1. The van der Waals surface area contributed by atoms with Gasteiger partial charge < -0.3 is 10.1 Å². The maximum absolute atomic E-state index is 12.8. The number of urea groups is 1. The highest BCUT2D eigenvalue weighted by molar-refractivity contribution is 6.30. The maximum atomic E-state index is 12.8. The van der Waals surface area contributed by atoms with E-state index in [9.17, 15) is 4.79 Å². The van der Waals surface area contributed by atoms with Crippen LogP contribution in [-0.4, -0.2) is 11.8 Å². The van der Waals surface area contributed by atoms with Crippen LogP contribution < -0.4 is 15.0 Å². The van der Waals surface area contributed by atoms with Gasteiger partial charge in [-0.3, -0.25) is 4.90 Å². The zero-order valence-electron chi connectivity index (χ0n) is 13.0. The second-order valence-electron chi connectivity index (χ2n) is 6.29. The van der Waals surface area contributed by atoms with Crippen molar-refractivity contribution < 1.29 is 9.53 Å². The fraction of sp³-hybridized carbons (Fsp3) is 0.278. The van der Waals surface area contributed by atoms with E-state index < -0.39 is 5.72 Å². The highest BCUT2D eigenvalue weighted by Crippen LogP contribution is 2.46. The van der Waals surface area contributed by atoms with Gasteiger partial charge in [-0.1, -0.05) is 29.8 Å². The first-order chi connectivity index (χ1) is 11.0. The summed E-state index contributed by atoms with van der Waals surface area (Å²) in [4.78, 5) is 14.5. The Bertz CT molecular complexity index is 807. The van der Waals surface area contributed by atoms with E-state index in [4.69, 9.17) is 16.3 Å². The van der Waals surface area contributed by atoms with Crippen LogP contribution in [0.4, 0.5) is 10.5 Å². The lowest BCUT2D eigenvalue weighted by molar-refractivity contribution is 0.0378. The third-order valence-electron chi connectivity index (χ3n) is 4.59. The second kappa shape index (κ2) is 4.90. The standard InChI is InChI=1S/C18H17ClN2O2/c1-11-5-3-4-6-15(11)21-17(22)20-14-10-18(21,2)23-16-8-7-12(19)9-13(14)16/h3-9,14H,10H2,1-2H3,(H,20,22). The molecule has 2 aromatic rings. The van der Waals surface area contributed by atoms with Crippen molar-refractivity contribution in [2.75, 3.05) is 4.90 Å². The van der Waals surface area contributed by atoms with E-state index in [1.165, 1.54) is 0 Å². The Kier molecular flexibility index (Phi) is 3.07. The molecule has 2 unspecified atom stereocenters. The van der Waals surface area contributed by atoms with Gasteiger partial charge >= 0.3 is 6.03 Å². The van der Waals surface area contributed by atoms with Crippen LogP contribution in [0.3, 0.4) is 0 Å². The molecule has 0 aromatic heterocycles. The van der Waals surface area contributed by atoms with Crippen LogP contribution in [0.25, 0.3) is 0 Å². The van der Waals surface area contributed by atoms with E-state index in [0.29, 0.717) is 11.4 Å². The molecule has 2 heterocycles. The van der Waals surface area contributed by atoms with Crippen molar-refractivity contribution in [3.63, 3.8) is 0 Å². The Balaban J connectivity index is 1.83. The van der Waals surface area contributed by atoms with E-state index in [1.54, 1.807) is 4.90 Å². The van der Waals surface area contributed by atoms with Crippen molar-refractivity contribution in [3.05, 3.63) is 58.6 Å². The van der Waals surface area contributed by atoms with Crippen molar-refractivity contribution in [1.82, 2.24) is 5.32 Å². The number of carbonyl (C=O) groups is 1. The third-order valence-corrected chi connectivity index (χ3v) is 4.83. The van der Waals surface area contributed by atoms with Crippen molar-refractivity contribution in [3.8, 4) is 5.75 Å².